The summed E-state index contributed by atoms with van der Waals surface area (Å²) in [5.74, 6) is 0.588. The van der Waals surface area contributed by atoms with Crippen molar-refractivity contribution in [3.05, 3.63) is 47.3 Å². The average Bonchev–Trinajstić information content (AvgIpc) is 3.26. The van der Waals surface area contributed by atoms with Gasteiger partial charge in [-0.15, -0.1) is 0 Å². The molecule has 142 valence electrons. The maximum atomic E-state index is 12.6. The Bertz CT molecular complexity index is 820. The zero-order valence-corrected chi connectivity index (χ0v) is 15.0. The number of nitrogens with zero attached hydrogens (tertiary/aromatic N) is 2. The molecular formula is C19H23N5O3. The number of carbonyl (C=O) groups is 2. The Morgan fingerprint density at radius 2 is 2.19 bits per heavy atom. The van der Waals surface area contributed by atoms with Crippen molar-refractivity contribution in [3.63, 3.8) is 0 Å². The normalized spacial score (nSPS) is 19.0. The molecule has 1 unspecified atom stereocenters. The van der Waals surface area contributed by atoms with Crippen LogP contribution in [-0.2, 0) is 17.8 Å². The molecule has 2 aromatic rings. The number of rotatable bonds is 6. The van der Waals surface area contributed by atoms with Gasteiger partial charge in [0.2, 0.25) is 5.91 Å². The summed E-state index contributed by atoms with van der Waals surface area (Å²) >= 11 is 0. The van der Waals surface area contributed by atoms with E-state index in [4.69, 9.17) is 4.74 Å². The zero-order valence-electron chi connectivity index (χ0n) is 15.0. The van der Waals surface area contributed by atoms with Gasteiger partial charge in [0.15, 0.2) is 5.69 Å². The van der Waals surface area contributed by atoms with Gasteiger partial charge in [-0.2, -0.15) is 5.10 Å². The van der Waals surface area contributed by atoms with Crippen LogP contribution in [0.15, 0.2) is 30.3 Å². The number of aromatic nitrogens is 2. The van der Waals surface area contributed by atoms with Crippen molar-refractivity contribution in [2.75, 3.05) is 26.2 Å². The standard InChI is InChI=1S/C19H23N5O3/c25-17-10-13(12-24(17)8-9-27-14-4-2-1-3-5-14)21-19(26)18-15-11-20-7-6-16(15)22-23-18/h1-5,13,20H,6-12H2,(H,21,26)(H,22,23). The summed E-state index contributed by atoms with van der Waals surface area (Å²) in [7, 11) is 0. The van der Waals surface area contributed by atoms with Gasteiger partial charge in [0, 0.05) is 43.7 Å². The van der Waals surface area contributed by atoms with Crippen molar-refractivity contribution in [3.8, 4) is 5.75 Å². The van der Waals surface area contributed by atoms with E-state index in [-0.39, 0.29) is 17.9 Å². The summed E-state index contributed by atoms with van der Waals surface area (Å²) in [5.41, 5.74) is 2.37. The fourth-order valence-electron chi connectivity index (χ4n) is 3.54. The van der Waals surface area contributed by atoms with Crippen LogP contribution in [0, 0.1) is 0 Å². The van der Waals surface area contributed by atoms with Crippen LogP contribution in [0.4, 0.5) is 0 Å². The molecular weight excluding hydrogens is 346 g/mol. The van der Waals surface area contributed by atoms with E-state index in [1.807, 2.05) is 30.3 Å². The van der Waals surface area contributed by atoms with Gasteiger partial charge in [-0.1, -0.05) is 18.2 Å². The van der Waals surface area contributed by atoms with Crippen LogP contribution < -0.4 is 15.4 Å². The smallest absolute Gasteiger partial charge is 0.272 e. The first-order valence-corrected chi connectivity index (χ1v) is 9.24. The van der Waals surface area contributed by atoms with Gasteiger partial charge in [-0.25, -0.2) is 0 Å². The Kier molecular flexibility index (Phi) is 5.06. The summed E-state index contributed by atoms with van der Waals surface area (Å²) < 4.78 is 5.65. The lowest BCUT2D eigenvalue weighted by Crippen LogP contribution is -2.38. The number of hydrogen-bond donors (Lipinski definition) is 3. The minimum atomic E-state index is -0.226. The van der Waals surface area contributed by atoms with Crippen molar-refractivity contribution in [2.45, 2.75) is 25.4 Å². The second kappa shape index (κ2) is 7.79. The van der Waals surface area contributed by atoms with Crippen LogP contribution in [0.1, 0.15) is 28.2 Å². The molecule has 27 heavy (non-hydrogen) atoms. The van der Waals surface area contributed by atoms with E-state index in [9.17, 15) is 9.59 Å². The Morgan fingerprint density at radius 1 is 1.33 bits per heavy atom. The molecule has 8 heteroatoms. The van der Waals surface area contributed by atoms with Crippen LogP contribution in [0.3, 0.4) is 0 Å². The van der Waals surface area contributed by atoms with Crippen LogP contribution in [-0.4, -0.2) is 59.2 Å². The third-order valence-corrected chi connectivity index (χ3v) is 4.94. The molecule has 1 aromatic heterocycles. The molecule has 0 aliphatic carbocycles. The van der Waals surface area contributed by atoms with Gasteiger partial charge in [0.05, 0.1) is 12.6 Å². The fraction of sp³-hybridized carbons (Fsp3) is 0.421. The number of para-hydroxylation sites is 1. The van der Waals surface area contributed by atoms with Gasteiger partial charge in [-0.05, 0) is 12.1 Å². The SMILES string of the molecule is O=C(NC1CC(=O)N(CCOc2ccccc2)C1)c1n[nH]c2c1CNCC2. The zero-order chi connectivity index (χ0) is 18.6. The predicted octanol–water partition coefficient (Wildman–Crippen LogP) is 0.465. The monoisotopic (exact) mass is 369 g/mol. The van der Waals surface area contributed by atoms with E-state index in [1.54, 1.807) is 4.90 Å². The van der Waals surface area contributed by atoms with Gasteiger partial charge in [0.1, 0.15) is 12.4 Å². The third-order valence-electron chi connectivity index (χ3n) is 4.94. The van der Waals surface area contributed by atoms with Crippen molar-refractivity contribution < 1.29 is 14.3 Å². The molecule has 4 rings (SSSR count). The largest absolute Gasteiger partial charge is 0.492 e. The minimum Gasteiger partial charge on any atom is -0.492 e. The quantitative estimate of drug-likeness (QED) is 0.687. The Hall–Kier alpha value is -2.87. The summed E-state index contributed by atoms with van der Waals surface area (Å²) in [6.45, 7) is 2.94. The molecule has 3 heterocycles. The van der Waals surface area contributed by atoms with E-state index in [0.29, 0.717) is 38.4 Å². The highest BCUT2D eigenvalue weighted by molar-refractivity contribution is 5.95. The molecule has 0 bridgehead atoms. The van der Waals surface area contributed by atoms with Gasteiger partial charge >= 0.3 is 0 Å². The fourth-order valence-corrected chi connectivity index (χ4v) is 3.54. The van der Waals surface area contributed by atoms with Crippen LogP contribution in [0.25, 0.3) is 0 Å². The molecule has 1 saturated heterocycles. The number of fused-ring (bicyclic) bond motifs is 1. The maximum Gasteiger partial charge on any atom is 0.272 e. The summed E-state index contributed by atoms with van der Waals surface area (Å²) in [6, 6.07) is 9.31. The average molecular weight is 369 g/mol. The number of hydrogen-bond acceptors (Lipinski definition) is 5. The molecule has 1 fully saturated rings. The lowest BCUT2D eigenvalue weighted by atomic mass is 10.1. The lowest BCUT2D eigenvalue weighted by molar-refractivity contribution is -0.128. The highest BCUT2D eigenvalue weighted by atomic mass is 16.5. The Morgan fingerprint density at radius 3 is 3.04 bits per heavy atom. The first-order valence-electron chi connectivity index (χ1n) is 9.24. The second-order valence-corrected chi connectivity index (χ2v) is 6.83. The molecule has 3 N–H and O–H groups in total. The Balaban J connectivity index is 1.29. The molecule has 0 saturated carbocycles. The molecule has 2 aliphatic rings. The van der Waals surface area contributed by atoms with Crippen molar-refractivity contribution in [2.24, 2.45) is 0 Å². The summed E-state index contributed by atoms with van der Waals surface area (Å²) in [5, 5.41) is 13.3. The highest BCUT2D eigenvalue weighted by Crippen LogP contribution is 2.17. The first kappa shape index (κ1) is 17.5. The van der Waals surface area contributed by atoms with E-state index in [0.717, 1.165) is 30.0 Å². The van der Waals surface area contributed by atoms with E-state index < -0.39 is 0 Å². The molecule has 2 amide bonds. The van der Waals surface area contributed by atoms with E-state index in [1.165, 1.54) is 0 Å². The predicted molar refractivity (Wildman–Crippen MR) is 98.4 cm³/mol. The topological polar surface area (TPSA) is 99.3 Å². The van der Waals surface area contributed by atoms with Gasteiger partial charge < -0.3 is 20.3 Å². The number of nitrogens with one attached hydrogen (secondary N) is 3. The third kappa shape index (κ3) is 3.95. The first-order chi connectivity index (χ1) is 13.2. The van der Waals surface area contributed by atoms with Crippen LogP contribution in [0.2, 0.25) is 0 Å². The van der Waals surface area contributed by atoms with Crippen LogP contribution in [0.5, 0.6) is 5.75 Å². The van der Waals surface area contributed by atoms with E-state index >= 15 is 0 Å². The van der Waals surface area contributed by atoms with Gasteiger partial charge in [-0.3, -0.25) is 14.7 Å². The molecule has 1 atom stereocenters. The summed E-state index contributed by atoms with van der Waals surface area (Å²) in [4.78, 5) is 26.5. The second-order valence-electron chi connectivity index (χ2n) is 6.83. The molecule has 8 nitrogen and oxygen atoms in total. The molecule has 0 radical (unpaired) electrons. The van der Waals surface area contributed by atoms with Crippen molar-refractivity contribution in [1.82, 2.24) is 25.7 Å². The molecule has 1 aromatic carbocycles. The summed E-state index contributed by atoms with van der Waals surface area (Å²) in [6.07, 6.45) is 1.15. The maximum absolute atomic E-state index is 12.6. The molecule has 0 spiro atoms. The number of carbonyl (C=O) groups excluding carboxylic acids is 2. The minimum absolute atomic E-state index is 0.0303. The van der Waals surface area contributed by atoms with E-state index in [2.05, 4.69) is 20.8 Å². The number of ether oxygens (including phenoxy) is 1. The number of H-pyrrole nitrogens is 1. The van der Waals surface area contributed by atoms with Crippen molar-refractivity contribution >= 4 is 11.8 Å². The van der Waals surface area contributed by atoms with Crippen molar-refractivity contribution in [1.29, 1.82) is 0 Å². The highest BCUT2D eigenvalue weighted by Gasteiger charge is 2.32. The number of aromatic amines is 1. The number of likely N-dealkylation sites (tertiary alicyclic amines) is 1. The van der Waals surface area contributed by atoms with Gasteiger partial charge in [0.25, 0.3) is 5.91 Å². The molecule has 2 aliphatic heterocycles. The lowest BCUT2D eigenvalue weighted by Gasteiger charge is -2.17. The Labute approximate surface area is 157 Å². The number of amides is 2. The number of benzene rings is 1. The van der Waals surface area contributed by atoms with Crippen LogP contribution >= 0.6 is 0 Å².